The number of benzene rings is 1. The number of alkyl halides is 1. The molecule has 1 heterocycles. The van der Waals surface area contributed by atoms with Gasteiger partial charge in [-0.25, -0.2) is 0 Å². The van der Waals surface area contributed by atoms with E-state index in [1.807, 2.05) is 11.8 Å². The van der Waals surface area contributed by atoms with Gasteiger partial charge in [0.1, 0.15) is 0 Å². The fourth-order valence-electron chi connectivity index (χ4n) is 2.86. The molecule has 1 aromatic carbocycles. The van der Waals surface area contributed by atoms with Gasteiger partial charge in [0.25, 0.3) is 0 Å². The van der Waals surface area contributed by atoms with Crippen LogP contribution in [0, 0.1) is 0 Å². The van der Waals surface area contributed by atoms with Crippen molar-refractivity contribution < 1.29 is 44.5 Å². The third kappa shape index (κ3) is 3.12. The summed E-state index contributed by atoms with van der Waals surface area (Å²) in [5.41, 5.74) is 4.21. The summed E-state index contributed by atoms with van der Waals surface area (Å²) in [5, 5.41) is 0. The van der Waals surface area contributed by atoms with Gasteiger partial charge in [-0.1, -0.05) is 0 Å². The number of fused-ring (bicyclic) bond motifs is 3. The van der Waals surface area contributed by atoms with Crippen molar-refractivity contribution in [2.24, 2.45) is 0 Å². The third-order valence-electron chi connectivity index (χ3n) is 3.80. The number of rotatable bonds is 2. The Kier molecular flexibility index (Phi) is 6.67. The molecular weight excluding hydrogens is 498 g/mol. The number of halogens is 3. The molecule has 4 rings (SSSR count). The van der Waals surface area contributed by atoms with Crippen LogP contribution in [0.5, 0.6) is 0 Å². The summed E-state index contributed by atoms with van der Waals surface area (Å²) in [6, 6.07) is 8.70. The zero-order valence-electron chi connectivity index (χ0n) is 11.4. The van der Waals surface area contributed by atoms with Gasteiger partial charge in [0, 0.05) is 0 Å². The molecular formula is C16H11BrCl2S2Zr. The molecule has 0 saturated carbocycles. The second-order valence-corrected chi connectivity index (χ2v) is 14.6. The predicted molar refractivity (Wildman–Crippen MR) is 91.1 cm³/mol. The van der Waals surface area contributed by atoms with Crippen LogP contribution >= 0.6 is 36.5 Å². The van der Waals surface area contributed by atoms with E-state index < -0.39 is 19.7 Å². The molecule has 0 N–H and O–H groups in total. The number of hydrogen-bond donors (Lipinski definition) is 0. The maximum absolute atomic E-state index is 6.05. The van der Waals surface area contributed by atoms with Gasteiger partial charge in [-0.05, 0) is 0 Å². The van der Waals surface area contributed by atoms with Crippen LogP contribution in [-0.2, 0) is 19.7 Å². The van der Waals surface area contributed by atoms with Gasteiger partial charge >= 0.3 is 144 Å². The molecule has 3 aliphatic rings. The second-order valence-electron chi connectivity index (χ2n) is 4.97. The summed E-state index contributed by atoms with van der Waals surface area (Å²) in [7, 11) is 6.05. The average molecular weight is 509 g/mol. The Bertz CT molecular complexity index is 765. The Morgan fingerprint density at radius 3 is 2.73 bits per heavy atom. The predicted octanol–water partition coefficient (Wildman–Crippen LogP) is -0.197. The summed E-state index contributed by atoms with van der Waals surface area (Å²) in [4.78, 5) is 1.41. The standard InChI is InChI=1S/C11H6BrS.C5H5.2ClH.S.Zr/c12-11-6-9-8-4-2-1-3-7(8)5-10(9)13-11;1-2-4-5-3-1;;;;/h1-5,11H;1-3H,4H2;2*1H;;/q;;;;;+2/p-2. The molecule has 22 heavy (non-hydrogen) atoms. The molecule has 1 aromatic rings. The monoisotopic (exact) mass is 506 g/mol. The molecule has 0 nitrogen and oxygen atoms in total. The third-order valence-corrected chi connectivity index (χ3v) is 15.1. The quantitative estimate of drug-likeness (QED) is 0.507. The normalized spacial score (nSPS) is 20.3. The van der Waals surface area contributed by atoms with Crippen LogP contribution in [0.25, 0.3) is 11.6 Å². The van der Waals surface area contributed by atoms with E-state index in [0.29, 0.717) is 4.16 Å². The second kappa shape index (κ2) is 7.72. The van der Waals surface area contributed by atoms with Crippen LogP contribution in [0.1, 0.15) is 17.5 Å². The molecule has 1 atom stereocenters. The molecule has 0 saturated heterocycles. The van der Waals surface area contributed by atoms with Gasteiger partial charge in [-0.3, -0.25) is 0 Å². The molecule has 0 amide bonds. The van der Waals surface area contributed by atoms with Crippen LogP contribution in [0.3, 0.4) is 0 Å². The van der Waals surface area contributed by atoms with Gasteiger partial charge in [-0.2, -0.15) is 0 Å². The van der Waals surface area contributed by atoms with Crippen molar-refractivity contribution in [3.63, 3.8) is 0 Å². The first-order valence-electron chi connectivity index (χ1n) is 6.52. The zero-order chi connectivity index (χ0) is 13.7. The molecule has 0 radical (unpaired) electrons. The van der Waals surface area contributed by atoms with Crippen molar-refractivity contribution in [1.82, 2.24) is 0 Å². The first-order valence-corrected chi connectivity index (χ1v) is 14.2. The summed E-state index contributed by atoms with van der Waals surface area (Å²) in [6.45, 7) is 0. The minimum atomic E-state index is -2.08. The van der Waals surface area contributed by atoms with Crippen LogP contribution in [0.2, 0.25) is 0 Å². The number of hydrogen-bond acceptors (Lipinski definition) is 2. The first kappa shape index (κ1) is 19.0. The van der Waals surface area contributed by atoms with Gasteiger partial charge in [-0.15, -0.1) is 0 Å². The first-order chi connectivity index (χ1) is 9.75. The minimum absolute atomic E-state index is 0. The van der Waals surface area contributed by atoms with E-state index >= 15 is 0 Å². The Hall–Kier alpha value is 0.693. The number of thioether (sulfide) groups is 1. The van der Waals surface area contributed by atoms with Crippen molar-refractivity contribution >= 4 is 48.2 Å². The van der Waals surface area contributed by atoms with Crippen LogP contribution in [0.4, 0.5) is 0 Å². The van der Waals surface area contributed by atoms with Crippen LogP contribution in [-0.4, -0.2) is 4.16 Å². The molecule has 0 aromatic heterocycles. The molecule has 0 fully saturated rings. The summed E-state index contributed by atoms with van der Waals surface area (Å²) in [6.07, 6.45) is 10.1. The molecule has 0 bridgehead atoms. The fourth-order valence-corrected chi connectivity index (χ4v) is 14.9. The van der Waals surface area contributed by atoms with Crippen molar-refractivity contribution in [1.29, 1.82) is 0 Å². The number of allylic oxidation sites excluding steroid dienone is 5. The Morgan fingerprint density at radius 1 is 1.23 bits per heavy atom. The van der Waals surface area contributed by atoms with Crippen LogP contribution < -0.4 is 24.8 Å². The van der Waals surface area contributed by atoms with Crippen LogP contribution in [0.15, 0.2) is 54.0 Å². The van der Waals surface area contributed by atoms with E-state index in [4.69, 9.17) is 8.86 Å². The van der Waals surface area contributed by atoms with E-state index in [-0.39, 0.29) is 24.8 Å². The van der Waals surface area contributed by atoms with Crippen molar-refractivity contribution in [2.75, 3.05) is 0 Å². The Balaban J connectivity index is 0.000000882. The summed E-state index contributed by atoms with van der Waals surface area (Å²) >= 11 is 3.70. The van der Waals surface area contributed by atoms with E-state index in [9.17, 15) is 0 Å². The molecule has 0 spiro atoms. The molecule has 2 aliphatic carbocycles. The fraction of sp³-hybridized carbons (Fsp3) is 0.125. The van der Waals surface area contributed by atoms with E-state index in [0.717, 1.165) is 6.42 Å². The molecule has 112 valence electrons. The molecule has 1 aliphatic heterocycles. The molecule has 6 heteroatoms. The topological polar surface area (TPSA) is 0 Å². The van der Waals surface area contributed by atoms with Gasteiger partial charge in [0.2, 0.25) is 0 Å². The van der Waals surface area contributed by atoms with Gasteiger partial charge < -0.3 is 24.8 Å². The van der Waals surface area contributed by atoms with Gasteiger partial charge in [0.15, 0.2) is 0 Å². The maximum atomic E-state index is 6.05. The van der Waals surface area contributed by atoms with E-state index in [1.54, 1.807) is 6.56 Å². The van der Waals surface area contributed by atoms with E-state index in [2.05, 4.69) is 64.5 Å². The van der Waals surface area contributed by atoms with Crippen molar-refractivity contribution in [2.45, 2.75) is 10.6 Å². The Labute approximate surface area is 166 Å². The SMILES string of the molecule is [Cl-].[Cl-].[S]=[Zr+2]([C]1=CC=CC1)[C]1=C2C(=Cc3ccccc32)SC1Br. The molecule has 1 unspecified atom stereocenters. The van der Waals surface area contributed by atoms with Gasteiger partial charge in [0.05, 0.1) is 0 Å². The summed E-state index contributed by atoms with van der Waals surface area (Å²) in [5.74, 6) is 0. The van der Waals surface area contributed by atoms with Crippen molar-refractivity contribution in [3.8, 4) is 0 Å². The zero-order valence-corrected chi connectivity index (χ0v) is 18.5. The summed E-state index contributed by atoms with van der Waals surface area (Å²) < 4.78 is 3.49. The Morgan fingerprint density at radius 2 is 2.00 bits per heavy atom. The van der Waals surface area contributed by atoms with E-state index in [1.165, 1.54) is 21.6 Å². The average Bonchev–Trinajstić information content (AvgIpc) is 3.12. The van der Waals surface area contributed by atoms with Crippen molar-refractivity contribution in [3.05, 3.63) is 65.1 Å².